The molecular weight excluding hydrogens is 661 g/mol. The molecule has 0 radical (unpaired) electrons. The van der Waals surface area contributed by atoms with Crippen LogP contribution in [0.1, 0.15) is 179 Å². The van der Waals surface area contributed by atoms with E-state index in [0.717, 1.165) is 142 Å². The highest BCUT2D eigenvalue weighted by Gasteiger charge is 2.82. The van der Waals surface area contributed by atoms with E-state index >= 15 is 0 Å². The Balaban J connectivity index is 1.11. The molecule has 0 nitrogen and oxygen atoms in total. The molecule has 310 valence electrons. The van der Waals surface area contributed by atoms with Crippen LogP contribution in [-0.2, 0) is 0 Å². The summed E-state index contributed by atoms with van der Waals surface area (Å²) in [5, 5.41) is 0. The van der Waals surface area contributed by atoms with Crippen molar-refractivity contribution in [3.63, 3.8) is 0 Å². The molecule has 11 saturated carbocycles. The van der Waals surface area contributed by atoms with Gasteiger partial charge >= 0.3 is 0 Å². The predicted molar refractivity (Wildman–Crippen MR) is 231 cm³/mol. The van der Waals surface area contributed by atoms with Crippen molar-refractivity contribution in [3.8, 4) is 0 Å². The summed E-state index contributed by atoms with van der Waals surface area (Å²) in [6.07, 6.45) is 23.9. The van der Waals surface area contributed by atoms with E-state index in [4.69, 9.17) is 0 Å². The summed E-state index contributed by atoms with van der Waals surface area (Å²) in [7, 11) is 0. The fourth-order valence-corrected chi connectivity index (χ4v) is 23.2. The van der Waals surface area contributed by atoms with Crippen molar-refractivity contribution in [2.75, 3.05) is 0 Å². The van der Waals surface area contributed by atoms with E-state index < -0.39 is 0 Å². The molecule has 0 saturated heterocycles. The largest absolute Gasteiger partial charge is 0.0625 e. The lowest BCUT2D eigenvalue weighted by atomic mass is 9.26. The van der Waals surface area contributed by atoms with Crippen LogP contribution >= 0.6 is 0 Å². The van der Waals surface area contributed by atoms with Crippen LogP contribution in [0.15, 0.2) is 0 Å². The minimum atomic E-state index is 0.387. The van der Waals surface area contributed by atoms with Crippen LogP contribution in [0.25, 0.3) is 0 Å². The van der Waals surface area contributed by atoms with Crippen molar-refractivity contribution in [1.29, 1.82) is 0 Å². The summed E-state index contributed by atoms with van der Waals surface area (Å²) in [6, 6.07) is 0. The maximum absolute atomic E-state index is 3.01. The number of rotatable bonds is 2. The van der Waals surface area contributed by atoms with E-state index in [1.165, 1.54) is 19.3 Å². The lowest BCUT2D eigenvalue weighted by Gasteiger charge is -2.78. The normalized spacial score (nSPS) is 62.8. The molecule has 0 aromatic carbocycles. The van der Waals surface area contributed by atoms with E-state index in [9.17, 15) is 0 Å². The molecule has 11 aliphatic rings. The van der Waals surface area contributed by atoms with E-state index in [0.29, 0.717) is 21.7 Å². The first-order chi connectivity index (χ1) is 25.9. The molecule has 0 aliphatic heterocycles. The average molecular weight is 751 g/mol. The first-order valence-electron chi connectivity index (χ1n) is 25.9. The molecule has 26 atom stereocenters. The van der Waals surface area contributed by atoms with Crippen molar-refractivity contribution >= 4 is 0 Å². The molecule has 11 rings (SSSR count). The van der Waals surface area contributed by atoms with Crippen LogP contribution in [0.2, 0.25) is 0 Å². The van der Waals surface area contributed by atoms with Crippen molar-refractivity contribution in [2.45, 2.75) is 179 Å². The molecule has 1 spiro atoms. The highest BCUT2D eigenvalue weighted by atomic mass is 14.9. The van der Waals surface area contributed by atoms with Gasteiger partial charge in [0.1, 0.15) is 0 Å². The van der Waals surface area contributed by atoms with Gasteiger partial charge in [0, 0.05) is 0 Å². The van der Waals surface area contributed by atoms with Gasteiger partial charge in [-0.05, 0) is 247 Å². The molecule has 0 heteroatoms. The Bertz CT molecular complexity index is 1480. The lowest BCUT2D eigenvalue weighted by molar-refractivity contribution is -0.306. The minimum absolute atomic E-state index is 0.387. The molecule has 0 N–H and O–H groups in total. The minimum Gasteiger partial charge on any atom is -0.0625 e. The van der Waals surface area contributed by atoms with Gasteiger partial charge in [0.05, 0.1) is 0 Å². The van der Waals surface area contributed by atoms with Crippen LogP contribution in [0.4, 0.5) is 0 Å². The second-order valence-electron chi connectivity index (χ2n) is 28.1. The smallest absolute Gasteiger partial charge is 0.0165 e. The van der Waals surface area contributed by atoms with Gasteiger partial charge in [0.25, 0.3) is 0 Å². The fraction of sp³-hybridized carbons (Fsp3) is 1.00. The van der Waals surface area contributed by atoms with Crippen LogP contribution < -0.4 is 0 Å². The molecule has 0 amide bonds. The maximum Gasteiger partial charge on any atom is -0.0165 e. The number of hydrogen-bond donors (Lipinski definition) is 0. The Hall–Kier alpha value is 0. The Labute approximate surface area is 341 Å². The third-order valence-corrected chi connectivity index (χ3v) is 24.4. The highest BCUT2D eigenvalue weighted by Crippen LogP contribution is 2.87. The van der Waals surface area contributed by atoms with E-state index in [1.54, 1.807) is 77.0 Å². The molecule has 0 aromatic heterocycles. The third kappa shape index (κ3) is 4.94. The van der Waals surface area contributed by atoms with Gasteiger partial charge in [-0.15, -0.1) is 0 Å². The summed E-state index contributed by atoms with van der Waals surface area (Å²) < 4.78 is 0. The van der Waals surface area contributed by atoms with Crippen LogP contribution in [-0.4, -0.2) is 0 Å². The third-order valence-electron chi connectivity index (χ3n) is 24.4. The first kappa shape index (κ1) is 38.0. The summed E-state index contributed by atoms with van der Waals surface area (Å²) in [5.74, 6) is 24.7. The summed E-state index contributed by atoms with van der Waals surface area (Å²) >= 11 is 0. The van der Waals surface area contributed by atoms with Crippen LogP contribution in [0, 0.1) is 164 Å². The van der Waals surface area contributed by atoms with Gasteiger partial charge < -0.3 is 0 Å². The zero-order valence-electron chi connectivity index (χ0n) is 38.5. The standard InChI is InChI=1S/C55H90/c1-28-15-35-21-37-17-29(2)18-44-46(37)48-45(35)36(16-28)22-38-20-32(5)41-24-39-23-40(52(7,8)9)25-42-43-27-54(53(10,11)12,26-34-14-13-30(3)31(4)19-34)33(6)49(43)55(44,50(39)42)51(41)47(38)48/h28-51H,13-27H2,1-12H3. The topological polar surface area (TPSA) is 0 Å². The molecule has 0 aromatic rings. The Morgan fingerprint density at radius 2 is 1.13 bits per heavy atom. The monoisotopic (exact) mass is 751 g/mol. The molecular formula is C55H90. The van der Waals surface area contributed by atoms with Gasteiger partial charge in [-0.1, -0.05) is 95.9 Å². The Morgan fingerprint density at radius 3 is 1.78 bits per heavy atom. The van der Waals surface area contributed by atoms with Gasteiger partial charge in [-0.2, -0.15) is 0 Å². The molecule has 26 unspecified atom stereocenters. The number of fused-ring (bicyclic) bond motifs is 2. The zero-order valence-corrected chi connectivity index (χ0v) is 38.5. The van der Waals surface area contributed by atoms with Gasteiger partial charge in [-0.3, -0.25) is 0 Å². The zero-order chi connectivity index (χ0) is 38.5. The van der Waals surface area contributed by atoms with Crippen molar-refractivity contribution in [1.82, 2.24) is 0 Å². The Morgan fingerprint density at radius 1 is 0.473 bits per heavy atom. The predicted octanol–water partition coefficient (Wildman–Crippen LogP) is 15.0. The molecule has 11 fully saturated rings. The van der Waals surface area contributed by atoms with Crippen molar-refractivity contribution in [3.05, 3.63) is 0 Å². The van der Waals surface area contributed by atoms with Crippen molar-refractivity contribution in [2.24, 2.45) is 164 Å². The van der Waals surface area contributed by atoms with Gasteiger partial charge in [0.2, 0.25) is 0 Å². The Kier molecular flexibility index (Phi) is 8.50. The molecule has 0 bridgehead atoms. The number of hydrogen-bond acceptors (Lipinski definition) is 0. The average Bonchev–Trinajstić information content (AvgIpc) is 3.55. The summed E-state index contributed by atoms with van der Waals surface area (Å²) in [6.45, 7) is 32.9. The SMILES string of the molecule is CC1CC2CC3CC(C)CC4C3C3C2C(C1)CC1CC(C)C2CC5CC(C(C)(C)C)CC6C7CC(CC8CCC(C)C(C)C8)(C(C)(C)C)C(C)C7C4(C56)C2C13. The lowest BCUT2D eigenvalue weighted by Crippen LogP contribution is -2.73. The molecule has 55 heavy (non-hydrogen) atoms. The summed E-state index contributed by atoms with van der Waals surface area (Å²) in [5.41, 5.74) is 2.00. The highest BCUT2D eigenvalue weighted by molar-refractivity contribution is 5.29. The fourth-order valence-electron chi connectivity index (χ4n) is 23.2. The second kappa shape index (κ2) is 12.3. The summed E-state index contributed by atoms with van der Waals surface area (Å²) in [4.78, 5) is 0. The van der Waals surface area contributed by atoms with E-state index in [1.807, 2.05) is 0 Å². The van der Waals surface area contributed by atoms with Crippen molar-refractivity contribution < 1.29 is 0 Å². The van der Waals surface area contributed by atoms with Gasteiger partial charge in [0.15, 0.2) is 0 Å². The second-order valence-corrected chi connectivity index (χ2v) is 28.1. The molecule has 0 heterocycles. The van der Waals surface area contributed by atoms with E-state index in [-0.39, 0.29) is 0 Å². The maximum atomic E-state index is 3.01. The van der Waals surface area contributed by atoms with Crippen LogP contribution in [0.3, 0.4) is 0 Å². The van der Waals surface area contributed by atoms with Crippen LogP contribution in [0.5, 0.6) is 0 Å². The molecule has 11 aliphatic carbocycles. The first-order valence-corrected chi connectivity index (χ1v) is 25.9. The van der Waals surface area contributed by atoms with Gasteiger partial charge in [-0.25, -0.2) is 0 Å². The van der Waals surface area contributed by atoms with E-state index in [2.05, 4.69) is 83.1 Å². The quantitative estimate of drug-likeness (QED) is 0.264.